The number of hydrogen-bond donors (Lipinski definition) is 5. The predicted molar refractivity (Wildman–Crippen MR) is 398 cm³/mol. The second-order valence-corrected chi connectivity index (χ2v) is 26.0. The van der Waals surface area contributed by atoms with Crippen molar-refractivity contribution in [2.24, 2.45) is 4.99 Å². The summed E-state index contributed by atoms with van der Waals surface area (Å²) in [6.07, 6.45) is 5.12. The Morgan fingerprint density at radius 1 is 0.490 bits per heavy atom. The molecule has 0 bridgehead atoms. The van der Waals surface area contributed by atoms with Crippen molar-refractivity contribution in [3.05, 3.63) is 267 Å². The van der Waals surface area contributed by atoms with E-state index in [1.165, 1.54) is 62.1 Å². The fourth-order valence-corrected chi connectivity index (χ4v) is 11.7. The van der Waals surface area contributed by atoms with Gasteiger partial charge in [-0.3, -0.25) is 44.6 Å². The Labute approximate surface area is 617 Å². The smallest absolute Gasteiger partial charge is 0.257 e. The molecule has 20 nitrogen and oxygen atoms in total. The second-order valence-electron chi connectivity index (χ2n) is 23.4. The van der Waals surface area contributed by atoms with E-state index in [1.807, 2.05) is 9.80 Å². The molecular formula is C75H65Cl6FN12O8. The van der Waals surface area contributed by atoms with Crippen LogP contribution in [0.5, 0.6) is 5.75 Å². The van der Waals surface area contributed by atoms with E-state index in [4.69, 9.17) is 89.9 Å². The van der Waals surface area contributed by atoms with Crippen molar-refractivity contribution in [1.82, 2.24) is 24.8 Å². The second kappa shape index (κ2) is 34.6. The molecule has 12 rings (SSSR count). The largest absolute Gasteiger partial charge is 0.496 e. The van der Waals surface area contributed by atoms with Crippen molar-refractivity contribution >= 4 is 145 Å². The zero-order chi connectivity index (χ0) is 72.7. The van der Waals surface area contributed by atoms with Gasteiger partial charge in [-0.2, -0.15) is 0 Å². The number of nitrogens with zero attached hydrogens (tertiary/aromatic N) is 7. The first-order valence-electron chi connectivity index (χ1n) is 31.8. The van der Waals surface area contributed by atoms with Crippen LogP contribution in [0.25, 0.3) is 0 Å². The molecule has 5 N–H and O–H groups in total. The number of carbonyl (C=O) groups is 6. The van der Waals surface area contributed by atoms with Gasteiger partial charge in [0.05, 0.1) is 41.0 Å². The molecule has 3 saturated heterocycles. The third-order valence-electron chi connectivity index (χ3n) is 16.6. The number of aliphatic imine (C=N–C) groups is 1. The molecule has 102 heavy (non-hydrogen) atoms. The van der Waals surface area contributed by atoms with Crippen LogP contribution in [0.3, 0.4) is 0 Å². The molecule has 0 spiro atoms. The average molecular weight is 1490 g/mol. The van der Waals surface area contributed by atoms with Crippen molar-refractivity contribution in [3.63, 3.8) is 0 Å². The number of carbonyl (C=O) groups excluding carboxylic acids is 6. The van der Waals surface area contributed by atoms with Crippen LogP contribution in [0.15, 0.2) is 169 Å². The summed E-state index contributed by atoms with van der Waals surface area (Å²) < 4.78 is 25.6. The van der Waals surface area contributed by atoms with Crippen molar-refractivity contribution < 1.29 is 42.6 Å². The van der Waals surface area contributed by atoms with Crippen molar-refractivity contribution in [2.75, 3.05) is 87.5 Å². The Kier molecular flexibility index (Phi) is 25.3. The Bertz CT molecular complexity index is 4690. The molecule has 3 aliphatic heterocycles. The van der Waals surface area contributed by atoms with Gasteiger partial charge >= 0.3 is 0 Å². The van der Waals surface area contributed by atoms with E-state index in [0.29, 0.717) is 119 Å². The summed E-state index contributed by atoms with van der Waals surface area (Å²) in [6, 6.07) is 39.0. The summed E-state index contributed by atoms with van der Waals surface area (Å²) in [5.41, 5.74) is 6.56. The number of nitrogens with one attached hydrogen (secondary N) is 5. The number of ketones is 3. The van der Waals surface area contributed by atoms with Crippen molar-refractivity contribution in [2.45, 2.75) is 32.6 Å². The number of rotatable bonds is 20. The van der Waals surface area contributed by atoms with Gasteiger partial charge in [-0.15, -0.1) is 0 Å². The standard InChI is InChI=1S/C28H27Cl2N5O3.C24H20Cl2FN3O3.C23H18Cl2N4O2/c29-20-6-7-26(32-17-20)33-28(37)23-14-21(30)15-24(34-10-12-38-13-11-34)22(23)16-25(36)18-2-4-19(5-3-18)27(31)35-8-1-9-35;1-13(28-2)14-4-6-17(20(27)8-14)21(31)11-18-19(9-16(26)10-22(18)33-3)24(32)30-23-7-5-15(25)12-29-23;24-17-6-5-16(19(12-17)23(31)28-21-8-7-18(25)13-27-21)11-20(30)14-1-3-15(4-2-14)22(26)29-9-10-29/h2-7,14-15,17,31H,1,8-13,16H2,(H,32,33,37);4-10,12H,11H2,1-3H3,(H,29,30,32);1-8,12-13,26H,9-11H2,(H,27,28,31). The normalized spacial score (nSPS) is 13.0. The Morgan fingerprint density at radius 2 is 0.931 bits per heavy atom. The van der Waals surface area contributed by atoms with Gasteiger partial charge in [0.15, 0.2) is 17.3 Å². The van der Waals surface area contributed by atoms with Crippen LogP contribution in [0.4, 0.5) is 27.5 Å². The Hall–Kier alpha value is -9.97. The van der Waals surface area contributed by atoms with Crippen LogP contribution in [-0.4, -0.2) is 144 Å². The summed E-state index contributed by atoms with van der Waals surface area (Å²) in [5.74, 6) is -0.752. The zero-order valence-electron chi connectivity index (χ0n) is 55.1. The number of aromatic nitrogens is 3. The third kappa shape index (κ3) is 19.6. The number of pyridine rings is 3. The topological polar surface area (TPSA) is 265 Å². The number of amidine groups is 2. The van der Waals surface area contributed by atoms with Crippen LogP contribution < -0.4 is 25.6 Å². The lowest BCUT2D eigenvalue weighted by Crippen LogP contribution is -2.42. The van der Waals surface area contributed by atoms with Crippen LogP contribution in [0, 0.1) is 16.6 Å². The van der Waals surface area contributed by atoms with Crippen LogP contribution in [0.1, 0.15) is 109 Å². The first kappa shape index (κ1) is 74.7. The van der Waals surface area contributed by atoms with Crippen LogP contribution >= 0.6 is 69.6 Å². The van der Waals surface area contributed by atoms with E-state index in [-0.39, 0.29) is 64.1 Å². The van der Waals surface area contributed by atoms with Crippen molar-refractivity contribution in [3.8, 4) is 5.75 Å². The molecule has 27 heteroatoms. The van der Waals surface area contributed by atoms with Gasteiger partial charge in [-0.1, -0.05) is 130 Å². The predicted octanol–water partition coefficient (Wildman–Crippen LogP) is 15.3. The zero-order valence-corrected chi connectivity index (χ0v) is 59.7. The summed E-state index contributed by atoms with van der Waals surface area (Å²) in [7, 11) is 3.00. The maximum absolute atomic E-state index is 14.7. The highest BCUT2D eigenvalue weighted by molar-refractivity contribution is 6.33. The van der Waals surface area contributed by atoms with E-state index in [0.717, 1.165) is 49.4 Å². The molecule has 6 aromatic carbocycles. The maximum atomic E-state index is 14.7. The summed E-state index contributed by atoms with van der Waals surface area (Å²) >= 11 is 36.3. The monoisotopic (exact) mass is 1490 g/mol. The summed E-state index contributed by atoms with van der Waals surface area (Å²) in [5, 5.41) is 26.9. The van der Waals surface area contributed by atoms with Crippen LogP contribution in [0.2, 0.25) is 30.1 Å². The van der Waals surface area contributed by atoms with Gasteiger partial charge in [0.1, 0.15) is 40.7 Å². The van der Waals surface area contributed by atoms with Gasteiger partial charge in [-0.25, -0.2) is 19.3 Å². The molecule has 0 aliphatic carbocycles. The quantitative estimate of drug-likeness (QED) is 0.0206. The van der Waals surface area contributed by atoms with E-state index in [1.54, 1.807) is 123 Å². The molecule has 9 aromatic rings. The number of hydrogen-bond acceptors (Lipinski definition) is 15. The first-order chi connectivity index (χ1) is 49.0. The molecule has 6 heterocycles. The summed E-state index contributed by atoms with van der Waals surface area (Å²) in [6.45, 7) is 7.63. The number of methoxy groups -OCH3 is 1. The maximum Gasteiger partial charge on any atom is 0.257 e. The SMILES string of the molecule is CN=C(C)c1ccc(C(=O)Cc2c(OC)cc(Cl)cc2C(=O)Nc2ccc(Cl)cn2)c(F)c1.N=C(c1ccc(C(=O)Cc2c(C(=O)Nc3ccc(Cl)cn3)cc(Cl)cc2N2CCOCC2)cc1)N1CCC1.N=C(c1ccc(C(=O)Cc2ccc(Cl)cc2C(=O)Nc2ccc(Cl)cn2)cc1)N1CC1. The van der Waals surface area contributed by atoms with E-state index >= 15 is 0 Å². The number of benzene rings is 6. The van der Waals surface area contributed by atoms with E-state index < -0.39 is 29.3 Å². The van der Waals surface area contributed by atoms with Gasteiger partial charge in [0, 0.05) is 155 Å². The van der Waals surface area contributed by atoms with Gasteiger partial charge < -0.3 is 40.1 Å². The number of likely N-dealkylation sites (tertiary alicyclic amines) is 1. The number of amides is 3. The Morgan fingerprint density at radius 3 is 1.39 bits per heavy atom. The highest BCUT2D eigenvalue weighted by Gasteiger charge is 2.28. The first-order valence-corrected chi connectivity index (χ1v) is 34.1. The van der Waals surface area contributed by atoms with Gasteiger partial charge in [0.2, 0.25) is 0 Å². The molecule has 0 radical (unpaired) electrons. The van der Waals surface area contributed by atoms with Crippen LogP contribution in [-0.2, 0) is 24.0 Å². The number of Topliss-reactive ketones (excluding diaryl/α,β-unsaturated/α-hetero) is 3. The molecule has 0 atom stereocenters. The van der Waals surface area contributed by atoms with Gasteiger partial charge in [0.25, 0.3) is 17.7 Å². The lowest BCUT2D eigenvalue weighted by Gasteiger charge is -2.33. The number of anilines is 4. The minimum Gasteiger partial charge on any atom is -0.496 e. The molecule has 3 fully saturated rings. The number of morpholine rings is 1. The fraction of sp³-hybridized carbons (Fsp3) is 0.200. The molecule has 3 aliphatic rings. The molecule has 3 aromatic heterocycles. The fourth-order valence-electron chi connectivity index (χ4n) is 10.8. The molecular weight excluding hydrogens is 1430 g/mol. The molecule has 522 valence electrons. The minimum atomic E-state index is -0.676. The lowest BCUT2D eigenvalue weighted by atomic mass is 9.95. The molecule has 3 amide bonds. The average Bonchev–Trinajstić information content (AvgIpc) is 1.34. The molecule has 0 saturated carbocycles. The minimum absolute atomic E-state index is 0.00355. The highest BCUT2D eigenvalue weighted by Crippen LogP contribution is 2.34. The molecule has 0 unspecified atom stereocenters. The summed E-state index contributed by atoms with van der Waals surface area (Å²) in [4.78, 5) is 101. The van der Waals surface area contributed by atoms with E-state index in [9.17, 15) is 33.2 Å². The number of ether oxygens (including phenoxy) is 2. The van der Waals surface area contributed by atoms with E-state index in [2.05, 4.69) is 40.8 Å². The third-order valence-corrected chi connectivity index (χ3v) is 17.9. The number of halogens is 7. The Balaban J connectivity index is 0.000000166. The highest BCUT2D eigenvalue weighted by atomic mass is 35.5. The van der Waals surface area contributed by atoms with Crippen molar-refractivity contribution in [1.29, 1.82) is 10.8 Å². The van der Waals surface area contributed by atoms with Gasteiger partial charge in [-0.05, 0) is 115 Å². The lowest BCUT2D eigenvalue weighted by molar-refractivity contribution is 0.0977.